The Bertz CT molecular complexity index is 678. The van der Waals surface area contributed by atoms with Gasteiger partial charge in [-0.25, -0.2) is 0 Å². The first kappa shape index (κ1) is 15.8. The molecular formula is C19H23N3OS. The van der Waals surface area contributed by atoms with E-state index in [4.69, 9.17) is 0 Å². The van der Waals surface area contributed by atoms with Crippen molar-refractivity contribution in [2.45, 2.75) is 25.8 Å². The maximum atomic E-state index is 12.6. The third kappa shape index (κ3) is 3.23. The Kier molecular flexibility index (Phi) is 4.37. The van der Waals surface area contributed by atoms with Gasteiger partial charge < -0.3 is 4.90 Å². The van der Waals surface area contributed by atoms with Gasteiger partial charge in [-0.2, -0.15) is 11.3 Å². The van der Waals surface area contributed by atoms with E-state index in [1.807, 2.05) is 17.0 Å². The van der Waals surface area contributed by atoms with Crippen molar-refractivity contribution < 1.29 is 4.79 Å². The topological polar surface area (TPSA) is 36.4 Å². The van der Waals surface area contributed by atoms with Crippen LogP contribution in [0.1, 0.15) is 35.2 Å². The minimum atomic E-state index is 0.140. The molecule has 2 fully saturated rings. The summed E-state index contributed by atoms with van der Waals surface area (Å²) < 4.78 is 0. The predicted molar refractivity (Wildman–Crippen MR) is 96.0 cm³/mol. The number of hydrogen-bond donors (Lipinski definition) is 0. The van der Waals surface area contributed by atoms with E-state index in [0.29, 0.717) is 11.0 Å². The molecule has 1 spiro atoms. The molecule has 4 rings (SSSR count). The van der Waals surface area contributed by atoms with Crippen LogP contribution in [0.15, 0.2) is 41.4 Å². The Morgan fingerprint density at radius 1 is 1.21 bits per heavy atom. The molecule has 2 aliphatic rings. The molecule has 24 heavy (non-hydrogen) atoms. The molecular weight excluding hydrogens is 318 g/mol. The normalized spacial score (nSPS) is 20.6. The summed E-state index contributed by atoms with van der Waals surface area (Å²) >= 11 is 1.77. The fourth-order valence-corrected chi connectivity index (χ4v) is 4.67. The van der Waals surface area contributed by atoms with Gasteiger partial charge in [0.05, 0.1) is 5.56 Å². The van der Waals surface area contributed by atoms with Gasteiger partial charge in [-0.15, -0.1) is 0 Å². The number of hydrogen-bond acceptors (Lipinski definition) is 4. The highest BCUT2D eigenvalue weighted by Gasteiger charge is 2.42. The van der Waals surface area contributed by atoms with Crippen molar-refractivity contribution in [1.82, 2.24) is 14.8 Å². The van der Waals surface area contributed by atoms with Gasteiger partial charge in [0.15, 0.2) is 0 Å². The highest BCUT2D eigenvalue weighted by atomic mass is 32.1. The van der Waals surface area contributed by atoms with Crippen LogP contribution in [0.3, 0.4) is 0 Å². The van der Waals surface area contributed by atoms with Crippen LogP contribution in [0, 0.1) is 5.41 Å². The first-order valence-electron chi connectivity index (χ1n) is 8.67. The molecule has 126 valence electrons. The summed E-state index contributed by atoms with van der Waals surface area (Å²) in [6.45, 7) is 5.15. The zero-order chi connectivity index (χ0) is 16.4. The van der Waals surface area contributed by atoms with Crippen molar-refractivity contribution in [3.8, 4) is 0 Å². The maximum Gasteiger partial charge on any atom is 0.255 e. The number of aromatic nitrogens is 1. The summed E-state index contributed by atoms with van der Waals surface area (Å²) in [5, 5.41) is 4.40. The summed E-state index contributed by atoms with van der Waals surface area (Å²) in [5.74, 6) is 0.140. The second kappa shape index (κ2) is 6.65. The molecule has 0 unspecified atom stereocenters. The van der Waals surface area contributed by atoms with E-state index in [2.05, 4.69) is 26.7 Å². The molecule has 4 nitrogen and oxygen atoms in total. The number of rotatable bonds is 3. The van der Waals surface area contributed by atoms with Gasteiger partial charge in [-0.3, -0.25) is 14.7 Å². The standard InChI is InChI=1S/C19H23N3OS/c23-18(17-2-1-7-20-12-17)22-10-6-19(15-22)4-8-21(9-5-19)13-16-3-11-24-14-16/h1-3,7,11-12,14H,4-6,8-10,13,15H2. The number of nitrogens with zero attached hydrogens (tertiary/aromatic N) is 3. The van der Waals surface area contributed by atoms with Crippen molar-refractivity contribution in [2.24, 2.45) is 5.41 Å². The first-order chi connectivity index (χ1) is 11.7. The van der Waals surface area contributed by atoms with Gasteiger partial charge in [0.1, 0.15) is 0 Å². The fourth-order valence-electron chi connectivity index (χ4n) is 4.01. The molecule has 0 bridgehead atoms. The number of thiophene rings is 1. The molecule has 2 aromatic rings. The van der Waals surface area contributed by atoms with Gasteiger partial charge in [-0.1, -0.05) is 0 Å². The predicted octanol–water partition coefficient (Wildman–Crippen LogP) is 3.27. The van der Waals surface area contributed by atoms with Crippen molar-refractivity contribution in [1.29, 1.82) is 0 Å². The first-order valence-corrected chi connectivity index (χ1v) is 9.61. The Labute approximate surface area is 147 Å². The van der Waals surface area contributed by atoms with Gasteiger partial charge in [0.2, 0.25) is 0 Å². The van der Waals surface area contributed by atoms with Crippen LogP contribution >= 0.6 is 11.3 Å². The third-order valence-corrected chi connectivity index (χ3v) is 6.27. The fraction of sp³-hybridized carbons (Fsp3) is 0.474. The minimum Gasteiger partial charge on any atom is -0.338 e. The second-order valence-electron chi connectivity index (χ2n) is 7.13. The SMILES string of the molecule is O=C(c1cccnc1)N1CCC2(CCN(Cc3ccsc3)CC2)C1. The molecule has 0 atom stereocenters. The Morgan fingerprint density at radius 2 is 2.04 bits per heavy atom. The smallest absolute Gasteiger partial charge is 0.255 e. The molecule has 2 aliphatic heterocycles. The molecule has 0 N–H and O–H groups in total. The summed E-state index contributed by atoms with van der Waals surface area (Å²) in [6.07, 6.45) is 6.94. The summed E-state index contributed by atoms with van der Waals surface area (Å²) in [6, 6.07) is 5.92. The Hall–Kier alpha value is -1.72. The van der Waals surface area contributed by atoms with Crippen molar-refractivity contribution >= 4 is 17.2 Å². The van der Waals surface area contributed by atoms with Crippen LogP contribution in [-0.2, 0) is 6.54 Å². The maximum absolute atomic E-state index is 12.6. The average molecular weight is 341 g/mol. The summed E-state index contributed by atoms with van der Waals surface area (Å²) in [7, 11) is 0. The number of amides is 1. The zero-order valence-electron chi connectivity index (χ0n) is 13.9. The Morgan fingerprint density at radius 3 is 2.75 bits per heavy atom. The van der Waals surface area contributed by atoms with Crippen molar-refractivity contribution in [3.05, 3.63) is 52.5 Å². The van der Waals surface area contributed by atoms with Crippen LogP contribution in [-0.4, -0.2) is 46.9 Å². The molecule has 0 aliphatic carbocycles. The van der Waals surface area contributed by atoms with E-state index in [-0.39, 0.29) is 5.91 Å². The molecule has 0 aromatic carbocycles. The summed E-state index contributed by atoms with van der Waals surface area (Å²) in [5.41, 5.74) is 2.48. The van der Waals surface area contributed by atoms with E-state index in [9.17, 15) is 4.79 Å². The largest absolute Gasteiger partial charge is 0.338 e. The molecule has 0 radical (unpaired) electrons. The molecule has 2 saturated heterocycles. The number of pyridine rings is 1. The monoisotopic (exact) mass is 341 g/mol. The van der Waals surface area contributed by atoms with Gasteiger partial charge in [0.25, 0.3) is 5.91 Å². The van der Waals surface area contributed by atoms with E-state index in [0.717, 1.165) is 39.1 Å². The third-order valence-electron chi connectivity index (χ3n) is 5.54. The number of likely N-dealkylation sites (tertiary alicyclic amines) is 2. The van der Waals surface area contributed by atoms with Crippen LogP contribution in [0.2, 0.25) is 0 Å². The molecule has 4 heterocycles. The van der Waals surface area contributed by atoms with Crippen LogP contribution < -0.4 is 0 Å². The lowest BCUT2D eigenvalue weighted by atomic mass is 9.77. The van der Waals surface area contributed by atoms with E-state index >= 15 is 0 Å². The Balaban J connectivity index is 1.34. The molecule has 1 amide bonds. The van der Waals surface area contributed by atoms with Crippen LogP contribution in [0.5, 0.6) is 0 Å². The van der Waals surface area contributed by atoms with E-state index in [1.54, 1.807) is 23.7 Å². The zero-order valence-corrected chi connectivity index (χ0v) is 14.7. The van der Waals surface area contributed by atoms with Crippen LogP contribution in [0.25, 0.3) is 0 Å². The molecule has 5 heteroatoms. The molecule has 0 saturated carbocycles. The quantitative estimate of drug-likeness (QED) is 0.860. The lowest BCUT2D eigenvalue weighted by molar-refractivity contribution is 0.0713. The van der Waals surface area contributed by atoms with Crippen LogP contribution in [0.4, 0.5) is 0 Å². The van der Waals surface area contributed by atoms with Gasteiger partial charge in [-0.05, 0) is 72.3 Å². The lowest BCUT2D eigenvalue weighted by Crippen LogP contribution is -2.41. The lowest BCUT2D eigenvalue weighted by Gasteiger charge is -2.39. The highest BCUT2D eigenvalue weighted by Crippen LogP contribution is 2.41. The summed E-state index contributed by atoms with van der Waals surface area (Å²) in [4.78, 5) is 21.3. The van der Waals surface area contributed by atoms with Crippen molar-refractivity contribution in [3.63, 3.8) is 0 Å². The number of piperidine rings is 1. The van der Waals surface area contributed by atoms with Gasteiger partial charge >= 0.3 is 0 Å². The van der Waals surface area contributed by atoms with Crippen molar-refractivity contribution in [2.75, 3.05) is 26.2 Å². The average Bonchev–Trinajstić information content (AvgIpc) is 3.28. The van der Waals surface area contributed by atoms with Gasteiger partial charge in [0, 0.05) is 32.0 Å². The minimum absolute atomic E-state index is 0.140. The number of carbonyl (C=O) groups excluding carboxylic acids is 1. The highest BCUT2D eigenvalue weighted by molar-refractivity contribution is 7.07. The van der Waals surface area contributed by atoms with E-state index in [1.165, 1.54) is 18.4 Å². The second-order valence-corrected chi connectivity index (χ2v) is 7.91. The van der Waals surface area contributed by atoms with E-state index < -0.39 is 0 Å². The number of carbonyl (C=O) groups is 1. The molecule has 2 aromatic heterocycles.